The lowest BCUT2D eigenvalue weighted by Crippen LogP contribution is -2.36. The third kappa shape index (κ3) is 4.18. The van der Waals surface area contributed by atoms with Crippen LogP contribution in [0.4, 0.5) is 5.95 Å². The Balaban J connectivity index is 0.000000775. The maximum absolute atomic E-state index is 6.17. The van der Waals surface area contributed by atoms with E-state index in [4.69, 9.17) is 21.9 Å². The summed E-state index contributed by atoms with van der Waals surface area (Å²) in [5.74, 6) is 1.25. The monoisotopic (exact) mass is 449 g/mol. The quantitative estimate of drug-likeness (QED) is 0.427. The molecule has 0 saturated heterocycles. The Bertz CT molecular complexity index is 1170. The summed E-state index contributed by atoms with van der Waals surface area (Å²) < 4.78 is 5.50. The molecule has 8 nitrogen and oxygen atoms in total. The van der Waals surface area contributed by atoms with Crippen molar-refractivity contribution in [3.63, 3.8) is 0 Å². The van der Waals surface area contributed by atoms with E-state index in [1.165, 1.54) is 6.42 Å². The summed E-state index contributed by atoms with van der Waals surface area (Å²) in [4.78, 5) is 21.3. The minimum Gasteiger partial charge on any atom is -0.368 e. The van der Waals surface area contributed by atoms with Gasteiger partial charge in [-0.3, -0.25) is 4.98 Å². The van der Waals surface area contributed by atoms with E-state index in [-0.39, 0.29) is 11.4 Å². The maximum Gasteiger partial charge on any atom is 0.261 e. The van der Waals surface area contributed by atoms with Crippen LogP contribution in [0.15, 0.2) is 53.6 Å². The van der Waals surface area contributed by atoms with Crippen LogP contribution >= 0.6 is 11.6 Å². The topological polar surface area (TPSA) is 116 Å². The summed E-state index contributed by atoms with van der Waals surface area (Å²) in [5, 5.41) is 4.60. The zero-order valence-corrected chi connectivity index (χ0v) is 18.8. The molecule has 0 amide bonds. The summed E-state index contributed by atoms with van der Waals surface area (Å²) in [7, 11) is 0. The van der Waals surface area contributed by atoms with Crippen molar-refractivity contribution in [1.82, 2.24) is 30.1 Å². The predicted octanol–water partition coefficient (Wildman–Crippen LogP) is 5.11. The second-order valence-electron chi connectivity index (χ2n) is 7.67. The van der Waals surface area contributed by atoms with Crippen LogP contribution in [0.3, 0.4) is 0 Å². The van der Waals surface area contributed by atoms with E-state index in [1.54, 1.807) is 24.7 Å². The number of pyridine rings is 2. The molecule has 0 aromatic carbocycles. The molecule has 0 aliphatic heterocycles. The molecule has 4 aromatic heterocycles. The van der Waals surface area contributed by atoms with Crippen molar-refractivity contribution in [2.75, 3.05) is 5.73 Å². The summed E-state index contributed by atoms with van der Waals surface area (Å²) >= 11 is 6.17. The summed E-state index contributed by atoms with van der Waals surface area (Å²) in [6, 6.07) is 7.59. The number of nitrogens with two attached hydrogens (primary N) is 1. The van der Waals surface area contributed by atoms with Crippen LogP contribution in [-0.2, 0) is 5.41 Å². The molecule has 1 aliphatic carbocycles. The lowest BCUT2D eigenvalue weighted by atomic mass is 9.64. The summed E-state index contributed by atoms with van der Waals surface area (Å²) in [6.45, 7) is 4.25. The number of hydrogen-bond acceptors (Lipinski definition) is 8. The highest BCUT2D eigenvalue weighted by Crippen LogP contribution is 2.48. The van der Waals surface area contributed by atoms with Gasteiger partial charge in [0.15, 0.2) is 5.82 Å². The van der Waals surface area contributed by atoms with Crippen molar-refractivity contribution < 1.29 is 4.52 Å². The molecule has 0 unspecified atom stereocenters. The van der Waals surface area contributed by atoms with E-state index >= 15 is 0 Å². The molecule has 0 atom stereocenters. The summed E-state index contributed by atoms with van der Waals surface area (Å²) in [6.07, 6.45) is 11.0. The van der Waals surface area contributed by atoms with Gasteiger partial charge in [0, 0.05) is 30.4 Å². The first-order valence-corrected chi connectivity index (χ1v) is 10.9. The zero-order chi connectivity index (χ0) is 22.6. The van der Waals surface area contributed by atoms with Crippen LogP contribution in [0.2, 0.25) is 5.15 Å². The minimum absolute atomic E-state index is 0.237. The molecule has 0 spiro atoms. The molecular weight excluding hydrogens is 426 g/mol. The molecule has 9 heteroatoms. The van der Waals surface area contributed by atoms with E-state index in [9.17, 15) is 0 Å². The first kappa shape index (κ1) is 21.8. The second-order valence-corrected chi connectivity index (χ2v) is 8.03. The number of nitrogens with zero attached hydrogens (tertiary/aromatic N) is 6. The van der Waals surface area contributed by atoms with Gasteiger partial charge in [-0.2, -0.15) is 4.98 Å². The Kier molecular flexibility index (Phi) is 6.41. The smallest absolute Gasteiger partial charge is 0.261 e. The minimum atomic E-state index is -0.306. The van der Waals surface area contributed by atoms with Crippen molar-refractivity contribution in [1.29, 1.82) is 0 Å². The fourth-order valence-electron chi connectivity index (χ4n) is 3.56. The van der Waals surface area contributed by atoms with E-state index < -0.39 is 0 Å². The second kappa shape index (κ2) is 9.40. The number of hydrogen-bond donors (Lipinski definition) is 1. The van der Waals surface area contributed by atoms with E-state index in [0.717, 1.165) is 36.1 Å². The van der Waals surface area contributed by atoms with Crippen LogP contribution in [0.25, 0.3) is 22.7 Å². The molecule has 5 rings (SSSR count). The number of nitrogen functional groups attached to an aromatic ring is 1. The molecule has 4 heterocycles. The highest BCUT2D eigenvalue weighted by atomic mass is 35.5. The third-order valence-corrected chi connectivity index (χ3v) is 5.64. The number of halogens is 1. The van der Waals surface area contributed by atoms with Crippen molar-refractivity contribution in [3.8, 4) is 22.7 Å². The largest absolute Gasteiger partial charge is 0.368 e. The SMILES string of the molecule is CCC.Nc1ncc(-c2ccc(C3(c4noc(-c5cccnc5Cl)n4)CCC3)cn2)cn1. The highest BCUT2D eigenvalue weighted by molar-refractivity contribution is 6.31. The van der Waals surface area contributed by atoms with Gasteiger partial charge in [-0.15, -0.1) is 0 Å². The first-order valence-electron chi connectivity index (χ1n) is 10.6. The van der Waals surface area contributed by atoms with Crippen molar-refractivity contribution in [2.24, 2.45) is 0 Å². The van der Waals surface area contributed by atoms with Gasteiger partial charge in [0.2, 0.25) is 5.95 Å². The molecular formula is C23H24ClN7O. The number of rotatable bonds is 4. The fraction of sp³-hybridized carbons (Fsp3) is 0.304. The molecule has 2 N–H and O–H groups in total. The van der Waals surface area contributed by atoms with Gasteiger partial charge in [-0.1, -0.05) is 49.5 Å². The van der Waals surface area contributed by atoms with Gasteiger partial charge < -0.3 is 10.3 Å². The van der Waals surface area contributed by atoms with Crippen molar-refractivity contribution in [2.45, 2.75) is 44.9 Å². The molecule has 1 aliphatic rings. The molecule has 0 radical (unpaired) electrons. The lowest BCUT2D eigenvalue weighted by Gasteiger charge is -2.39. The number of anilines is 1. The van der Waals surface area contributed by atoms with Crippen LogP contribution in [0, 0.1) is 0 Å². The van der Waals surface area contributed by atoms with Gasteiger partial charge in [0.25, 0.3) is 5.89 Å². The van der Waals surface area contributed by atoms with E-state index in [2.05, 4.69) is 43.9 Å². The van der Waals surface area contributed by atoms with Gasteiger partial charge in [0.1, 0.15) is 5.15 Å². The average Bonchev–Trinajstić information content (AvgIpc) is 3.25. The Hall–Kier alpha value is -3.39. The highest BCUT2D eigenvalue weighted by Gasteiger charge is 2.45. The Morgan fingerprint density at radius 1 is 1.03 bits per heavy atom. The van der Waals surface area contributed by atoms with Crippen molar-refractivity contribution in [3.05, 3.63) is 65.6 Å². The van der Waals surface area contributed by atoms with Gasteiger partial charge in [-0.25, -0.2) is 15.0 Å². The van der Waals surface area contributed by atoms with Crippen LogP contribution in [0.1, 0.15) is 50.9 Å². The molecule has 32 heavy (non-hydrogen) atoms. The normalized spacial score (nSPS) is 14.2. The molecule has 164 valence electrons. The maximum atomic E-state index is 6.17. The molecule has 1 fully saturated rings. The van der Waals surface area contributed by atoms with Gasteiger partial charge >= 0.3 is 0 Å². The first-order chi connectivity index (χ1) is 15.6. The average molecular weight is 450 g/mol. The summed E-state index contributed by atoms with van der Waals surface area (Å²) in [5.41, 5.74) is 8.50. The molecule has 0 bridgehead atoms. The standard InChI is InChI=1S/C20H16ClN7O.C3H8/c21-16-14(3-1-8-23-16)17-27-18(28-29-17)20(6-2-7-20)13-4-5-15(24-11-13)12-9-25-19(22)26-10-12;1-3-2/h1,3-5,8-11H,2,6-7H2,(H2,22,25,26);3H2,1-2H3. The number of aromatic nitrogens is 6. The van der Waals surface area contributed by atoms with Crippen LogP contribution in [0.5, 0.6) is 0 Å². The molecule has 1 saturated carbocycles. The molecule has 4 aromatic rings. The van der Waals surface area contributed by atoms with Crippen LogP contribution in [-0.4, -0.2) is 30.1 Å². The van der Waals surface area contributed by atoms with Crippen LogP contribution < -0.4 is 5.73 Å². The van der Waals surface area contributed by atoms with Gasteiger partial charge in [0.05, 0.1) is 16.7 Å². The Morgan fingerprint density at radius 2 is 1.78 bits per heavy atom. The Morgan fingerprint density at radius 3 is 2.38 bits per heavy atom. The Labute approximate surface area is 191 Å². The van der Waals surface area contributed by atoms with E-state index in [0.29, 0.717) is 22.4 Å². The fourth-order valence-corrected chi connectivity index (χ4v) is 3.76. The van der Waals surface area contributed by atoms with E-state index in [1.807, 2.05) is 24.4 Å². The lowest BCUT2D eigenvalue weighted by molar-refractivity contribution is 0.272. The zero-order valence-electron chi connectivity index (χ0n) is 18.0. The predicted molar refractivity (Wildman–Crippen MR) is 123 cm³/mol. The van der Waals surface area contributed by atoms with Gasteiger partial charge in [-0.05, 0) is 36.6 Å². The van der Waals surface area contributed by atoms with Crippen molar-refractivity contribution >= 4 is 17.5 Å². The third-order valence-electron chi connectivity index (χ3n) is 5.33.